The van der Waals surface area contributed by atoms with Gasteiger partial charge in [0.1, 0.15) is 11.6 Å². The molecule has 1 aromatic carbocycles. The van der Waals surface area contributed by atoms with Crippen molar-refractivity contribution in [1.82, 2.24) is 14.5 Å². The van der Waals surface area contributed by atoms with Crippen LogP contribution in [0.15, 0.2) is 24.4 Å². The Morgan fingerprint density at radius 3 is 2.62 bits per heavy atom. The number of anilines is 1. The molecule has 0 aliphatic carbocycles. The maximum atomic E-state index is 5.42. The van der Waals surface area contributed by atoms with Crippen molar-refractivity contribution in [3.8, 4) is 5.75 Å². The summed E-state index contributed by atoms with van der Waals surface area (Å²) >= 11 is 0. The van der Waals surface area contributed by atoms with E-state index in [1.165, 1.54) is 27.4 Å². The first kappa shape index (κ1) is 22.4. The number of fused-ring (bicyclic) bond motifs is 3. The summed E-state index contributed by atoms with van der Waals surface area (Å²) < 4.78 is 7.66. The molecule has 2 heterocycles. The molecule has 5 nitrogen and oxygen atoms in total. The fourth-order valence-corrected chi connectivity index (χ4v) is 3.28. The molecule has 2 aromatic heterocycles. The van der Waals surface area contributed by atoms with E-state index < -0.39 is 0 Å². The van der Waals surface area contributed by atoms with Crippen molar-refractivity contribution in [1.29, 1.82) is 0 Å². The molecule has 0 aliphatic heterocycles. The van der Waals surface area contributed by atoms with Gasteiger partial charge in [0, 0.05) is 30.7 Å². The Morgan fingerprint density at radius 2 is 1.96 bits per heavy atom. The van der Waals surface area contributed by atoms with Gasteiger partial charge >= 0.3 is 0 Å². The van der Waals surface area contributed by atoms with Crippen molar-refractivity contribution >= 4 is 52.4 Å². The van der Waals surface area contributed by atoms with Crippen LogP contribution in [0, 0.1) is 6.92 Å². The second-order valence-electron chi connectivity index (χ2n) is 6.54. The van der Waals surface area contributed by atoms with Crippen molar-refractivity contribution < 1.29 is 4.74 Å². The van der Waals surface area contributed by atoms with Crippen molar-refractivity contribution in [2.45, 2.75) is 13.3 Å². The fourth-order valence-electron chi connectivity index (χ4n) is 3.28. The quantitative estimate of drug-likeness (QED) is 0.630. The van der Waals surface area contributed by atoms with Crippen LogP contribution in [-0.2, 0) is 7.05 Å². The Balaban J connectivity index is 0.00000169. The number of aromatic nitrogens is 2. The minimum absolute atomic E-state index is 0. The highest BCUT2D eigenvalue weighted by Gasteiger charge is 2.15. The van der Waals surface area contributed by atoms with Gasteiger partial charge in [0.15, 0.2) is 0 Å². The third kappa shape index (κ3) is 4.17. The van der Waals surface area contributed by atoms with E-state index in [2.05, 4.69) is 60.0 Å². The summed E-state index contributed by atoms with van der Waals surface area (Å²) in [4.78, 5) is 6.86. The molecule has 1 N–H and O–H groups in total. The van der Waals surface area contributed by atoms with Gasteiger partial charge in [0.25, 0.3) is 0 Å². The van der Waals surface area contributed by atoms with Crippen LogP contribution >= 0.6 is 24.8 Å². The lowest BCUT2D eigenvalue weighted by Gasteiger charge is -2.12. The maximum absolute atomic E-state index is 5.42. The molecule has 3 rings (SSSR count). The number of halogens is 2. The molecule has 7 heteroatoms. The van der Waals surface area contributed by atoms with Crippen LogP contribution < -0.4 is 10.1 Å². The van der Waals surface area contributed by atoms with Crippen LogP contribution in [0.3, 0.4) is 0 Å². The van der Waals surface area contributed by atoms with Crippen molar-refractivity contribution in [3.05, 3.63) is 30.0 Å². The van der Waals surface area contributed by atoms with E-state index in [9.17, 15) is 0 Å². The molecule has 3 aromatic rings. The van der Waals surface area contributed by atoms with Crippen molar-refractivity contribution in [2.75, 3.05) is 39.6 Å². The zero-order valence-electron chi connectivity index (χ0n) is 16.0. The standard InChI is InChI=1S/C19H26N4O.2ClH/c1-13-12-21-19(20-9-6-10-22(2)3)17-15-11-14(24-5)7-8-16(15)23(4)18(13)17;;/h7-8,11-12H,6,9-10H2,1-5H3,(H,20,21);2*1H. The summed E-state index contributed by atoms with van der Waals surface area (Å²) in [6.45, 7) is 4.08. The van der Waals surface area contributed by atoms with Crippen LogP contribution in [0.5, 0.6) is 5.75 Å². The highest BCUT2D eigenvalue weighted by molar-refractivity contribution is 6.14. The highest BCUT2D eigenvalue weighted by Crippen LogP contribution is 2.36. The average molecular weight is 399 g/mol. The van der Waals surface area contributed by atoms with Gasteiger partial charge in [0.2, 0.25) is 0 Å². The summed E-state index contributed by atoms with van der Waals surface area (Å²) in [6.07, 6.45) is 3.03. The number of hydrogen-bond acceptors (Lipinski definition) is 4. The Kier molecular flexibility index (Phi) is 8.00. The predicted octanol–water partition coefficient (Wildman–Crippen LogP) is 4.25. The van der Waals surface area contributed by atoms with Crippen molar-refractivity contribution in [3.63, 3.8) is 0 Å². The van der Waals surface area contributed by atoms with E-state index in [4.69, 9.17) is 4.74 Å². The van der Waals surface area contributed by atoms with Crippen LogP contribution in [0.2, 0.25) is 0 Å². The van der Waals surface area contributed by atoms with Gasteiger partial charge in [-0.1, -0.05) is 0 Å². The third-order valence-electron chi connectivity index (χ3n) is 4.48. The Hall–Kier alpha value is -1.69. The molecule has 0 fully saturated rings. The lowest BCUT2D eigenvalue weighted by molar-refractivity contribution is 0.405. The zero-order valence-corrected chi connectivity index (χ0v) is 17.6. The number of ether oxygens (including phenoxy) is 1. The summed E-state index contributed by atoms with van der Waals surface area (Å²) in [7, 11) is 8.01. The number of benzene rings is 1. The minimum Gasteiger partial charge on any atom is -0.497 e. The molecule has 0 aliphatic rings. The number of nitrogens with zero attached hydrogens (tertiary/aromatic N) is 3. The second kappa shape index (κ2) is 9.31. The van der Waals surface area contributed by atoms with Crippen molar-refractivity contribution in [2.24, 2.45) is 7.05 Å². The first-order chi connectivity index (χ1) is 11.5. The molecule has 0 bridgehead atoms. The van der Waals surface area contributed by atoms with Gasteiger partial charge in [-0.2, -0.15) is 0 Å². The molecule has 0 saturated carbocycles. The largest absolute Gasteiger partial charge is 0.497 e. The predicted molar refractivity (Wildman–Crippen MR) is 116 cm³/mol. The summed E-state index contributed by atoms with van der Waals surface area (Å²) in [5.41, 5.74) is 3.60. The molecule has 26 heavy (non-hydrogen) atoms. The Labute approximate surface area is 167 Å². The molecule has 144 valence electrons. The number of rotatable bonds is 6. The molecule has 0 saturated heterocycles. The SMILES string of the molecule is COc1ccc2c(c1)c1c(NCCCN(C)C)ncc(C)c1n2C.Cl.Cl. The van der Waals surface area contributed by atoms with Gasteiger partial charge in [0.05, 0.1) is 18.0 Å². The molecule has 0 amide bonds. The second-order valence-corrected chi connectivity index (χ2v) is 6.54. The smallest absolute Gasteiger partial charge is 0.136 e. The van der Waals surface area contributed by atoms with Gasteiger partial charge in [-0.25, -0.2) is 4.98 Å². The van der Waals surface area contributed by atoms with Crippen LogP contribution in [0.4, 0.5) is 5.82 Å². The summed E-state index contributed by atoms with van der Waals surface area (Å²) in [6, 6.07) is 6.22. The number of hydrogen-bond donors (Lipinski definition) is 1. The number of aryl methyl sites for hydroxylation is 2. The van der Waals surface area contributed by atoms with E-state index in [0.29, 0.717) is 0 Å². The number of nitrogens with one attached hydrogen (secondary N) is 1. The first-order valence-electron chi connectivity index (χ1n) is 8.33. The van der Waals surface area contributed by atoms with E-state index >= 15 is 0 Å². The van der Waals surface area contributed by atoms with Crippen LogP contribution in [0.25, 0.3) is 21.8 Å². The lowest BCUT2D eigenvalue weighted by atomic mass is 10.1. The van der Waals surface area contributed by atoms with E-state index in [1.807, 2.05) is 12.3 Å². The number of methoxy groups -OCH3 is 1. The zero-order chi connectivity index (χ0) is 17.3. The highest BCUT2D eigenvalue weighted by atomic mass is 35.5. The number of pyridine rings is 1. The molecular formula is C19H28Cl2N4O. The van der Waals surface area contributed by atoms with Gasteiger partial charge in [-0.15, -0.1) is 24.8 Å². The molecule has 0 atom stereocenters. The summed E-state index contributed by atoms with van der Waals surface area (Å²) in [5, 5.41) is 5.88. The monoisotopic (exact) mass is 398 g/mol. The van der Waals surface area contributed by atoms with Gasteiger partial charge in [-0.05, 0) is 57.7 Å². The average Bonchev–Trinajstić information content (AvgIpc) is 2.87. The topological polar surface area (TPSA) is 42.3 Å². The maximum Gasteiger partial charge on any atom is 0.136 e. The van der Waals surface area contributed by atoms with E-state index in [-0.39, 0.29) is 24.8 Å². The van der Waals surface area contributed by atoms with Gasteiger partial charge < -0.3 is 19.5 Å². The van der Waals surface area contributed by atoms with Crippen LogP contribution in [-0.4, -0.2) is 48.7 Å². The molecule has 0 unspecified atom stereocenters. The third-order valence-corrected chi connectivity index (χ3v) is 4.48. The Morgan fingerprint density at radius 1 is 1.23 bits per heavy atom. The normalized spacial score (nSPS) is 10.7. The van der Waals surface area contributed by atoms with Crippen LogP contribution in [0.1, 0.15) is 12.0 Å². The first-order valence-corrected chi connectivity index (χ1v) is 8.33. The van der Waals surface area contributed by atoms with E-state index in [0.717, 1.165) is 31.1 Å². The van der Waals surface area contributed by atoms with E-state index in [1.54, 1.807) is 7.11 Å². The fraction of sp³-hybridized carbons (Fsp3) is 0.421. The molecular weight excluding hydrogens is 371 g/mol. The molecule has 0 radical (unpaired) electrons. The summed E-state index contributed by atoms with van der Waals surface area (Å²) in [5.74, 6) is 1.82. The van der Waals surface area contributed by atoms with Gasteiger partial charge in [-0.3, -0.25) is 0 Å². The lowest BCUT2D eigenvalue weighted by Crippen LogP contribution is -2.16. The minimum atomic E-state index is 0. The molecule has 0 spiro atoms. The Bertz CT molecular complexity index is 877.